The van der Waals surface area contributed by atoms with Crippen molar-refractivity contribution < 1.29 is 9.90 Å². The van der Waals surface area contributed by atoms with Crippen LogP contribution in [0.15, 0.2) is 49.1 Å². The number of aromatic hydroxyl groups is 1. The van der Waals surface area contributed by atoms with Gasteiger partial charge in [0, 0.05) is 23.6 Å². The van der Waals surface area contributed by atoms with Crippen LogP contribution in [0.4, 0.5) is 5.69 Å². The molecule has 0 atom stereocenters. The minimum absolute atomic E-state index is 0.00390. The van der Waals surface area contributed by atoms with Crippen molar-refractivity contribution in [3.63, 3.8) is 0 Å². The average Bonchev–Trinajstić information content (AvgIpc) is 3.04. The van der Waals surface area contributed by atoms with Crippen molar-refractivity contribution in [1.29, 1.82) is 0 Å². The smallest absolute Gasteiger partial charge is 0.255 e. The molecule has 104 valence electrons. The van der Waals surface area contributed by atoms with Gasteiger partial charge in [0.1, 0.15) is 17.8 Å². The summed E-state index contributed by atoms with van der Waals surface area (Å²) in [7, 11) is 0. The van der Waals surface area contributed by atoms with E-state index in [9.17, 15) is 9.90 Å². The Labute approximate surface area is 119 Å². The molecule has 1 amide bonds. The number of carbonyl (C=O) groups is 1. The highest BCUT2D eigenvalue weighted by molar-refractivity contribution is 6.04. The van der Waals surface area contributed by atoms with Crippen molar-refractivity contribution in [3.05, 3.63) is 54.6 Å². The van der Waals surface area contributed by atoms with Gasteiger partial charge in [-0.3, -0.25) is 9.78 Å². The van der Waals surface area contributed by atoms with Gasteiger partial charge in [0.25, 0.3) is 5.91 Å². The highest BCUT2D eigenvalue weighted by Gasteiger charge is 2.09. The highest BCUT2D eigenvalue weighted by Crippen LogP contribution is 2.24. The number of tetrazole rings is 1. The molecule has 0 aliphatic carbocycles. The quantitative estimate of drug-likeness (QED) is 0.694. The molecule has 8 nitrogen and oxygen atoms in total. The Morgan fingerprint density at radius 1 is 1.19 bits per heavy atom. The molecule has 0 saturated heterocycles. The zero-order chi connectivity index (χ0) is 14.7. The van der Waals surface area contributed by atoms with Crippen molar-refractivity contribution in [2.45, 2.75) is 0 Å². The summed E-state index contributed by atoms with van der Waals surface area (Å²) in [6.45, 7) is 0. The SMILES string of the molecule is O=C(Nc1ccc(O)c(-n2cnnn2)c1)c1ccncc1. The molecule has 2 aromatic heterocycles. The number of anilines is 1. The first-order chi connectivity index (χ1) is 10.2. The molecule has 8 heteroatoms. The van der Waals surface area contributed by atoms with E-state index in [1.165, 1.54) is 29.5 Å². The number of hydrogen-bond donors (Lipinski definition) is 2. The second-order valence-electron chi connectivity index (χ2n) is 4.15. The lowest BCUT2D eigenvalue weighted by atomic mass is 10.2. The molecular weight excluding hydrogens is 272 g/mol. The van der Waals surface area contributed by atoms with E-state index < -0.39 is 0 Å². The second kappa shape index (κ2) is 5.37. The lowest BCUT2D eigenvalue weighted by Gasteiger charge is -2.08. The number of phenols is 1. The molecule has 21 heavy (non-hydrogen) atoms. The molecule has 2 heterocycles. The number of aromatic nitrogens is 5. The summed E-state index contributed by atoms with van der Waals surface area (Å²) >= 11 is 0. The molecule has 0 unspecified atom stereocenters. The Hall–Kier alpha value is -3.29. The fourth-order valence-corrected chi connectivity index (χ4v) is 1.76. The molecule has 0 fully saturated rings. The molecule has 0 spiro atoms. The van der Waals surface area contributed by atoms with Crippen LogP contribution in [0.3, 0.4) is 0 Å². The maximum Gasteiger partial charge on any atom is 0.255 e. The van der Waals surface area contributed by atoms with E-state index in [0.29, 0.717) is 16.9 Å². The molecule has 0 aliphatic rings. The molecule has 0 bridgehead atoms. The van der Waals surface area contributed by atoms with Gasteiger partial charge in [-0.25, -0.2) is 0 Å². The van der Waals surface area contributed by atoms with Crippen LogP contribution in [-0.2, 0) is 0 Å². The van der Waals surface area contributed by atoms with E-state index in [2.05, 4.69) is 25.8 Å². The standard InChI is InChI=1S/C13H10N6O2/c20-12-2-1-10(7-11(12)19-8-15-17-18-19)16-13(21)9-3-5-14-6-4-9/h1-8,20H,(H,16,21). The number of carbonyl (C=O) groups excluding carboxylic acids is 1. The van der Waals surface area contributed by atoms with Crippen molar-refractivity contribution >= 4 is 11.6 Å². The first-order valence-electron chi connectivity index (χ1n) is 6.02. The summed E-state index contributed by atoms with van der Waals surface area (Å²) < 4.78 is 1.30. The van der Waals surface area contributed by atoms with Crippen LogP contribution in [0.5, 0.6) is 5.75 Å². The Bertz CT molecular complexity index is 758. The van der Waals surface area contributed by atoms with Crippen LogP contribution in [0, 0.1) is 0 Å². The number of hydrogen-bond acceptors (Lipinski definition) is 6. The van der Waals surface area contributed by atoms with Gasteiger partial charge in [-0.2, -0.15) is 4.68 Å². The topological polar surface area (TPSA) is 106 Å². The third-order valence-electron chi connectivity index (χ3n) is 2.77. The molecule has 3 rings (SSSR count). The number of phenolic OH excluding ortho intramolecular Hbond substituents is 1. The predicted molar refractivity (Wildman–Crippen MR) is 73.0 cm³/mol. The third kappa shape index (κ3) is 2.68. The van der Waals surface area contributed by atoms with Crippen molar-refractivity contribution in [1.82, 2.24) is 25.2 Å². The normalized spacial score (nSPS) is 10.3. The number of pyridine rings is 1. The minimum Gasteiger partial charge on any atom is -0.506 e. The molecule has 3 aromatic rings. The van der Waals surface area contributed by atoms with E-state index in [-0.39, 0.29) is 11.7 Å². The van der Waals surface area contributed by atoms with Gasteiger partial charge < -0.3 is 10.4 Å². The summed E-state index contributed by atoms with van der Waals surface area (Å²) in [4.78, 5) is 15.9. The van der Waals surface area contributed by atoms with Crippen molar-refractivity contribution in [2.75, 3.05) is 5.32 Å². The first kappa shape index (κ1) is 12.7. The Kier molecular flexibility index (Phi) is 3.26. The monoisotopic (exact) mass is 282 g/mol. The fraction of sp³-hybridized carbons (Fsp3) is 0. The lowest BCUT2D eigenvalue weighted by Crippen LogP contribution is -2.12. The number of rotatable bonds is 3. The van der Waals surface area contributed by atoms with E-state index in [1.54, 1.807) is 24.3 Å². The van der Waals surface area contributed by atoms with Gasteiger partial charge >= 0.3 is 0 Å². The van der Waals surface area contributed by atoms with E-state index in [1.807, 2.05) is 0 Å². The number of nitrogens with zero attached hydrogens (tertiary/aromatic N) is 5. The summed E-state index contributed by atoms with van der Waals surface area (Å²) in [6, 6.07) is 7.84. The Morgan fingerprint density at radius 3 is 2.71 bits per heavy atom. The summed E-state index contributed by atoms with van der Waals surface area (Å²) in [5.74, 6) is -0.269. The summed E-state index contributed by atoms with van der Waals surface area (Å²) in [5, 5.41) is 23.3. The zero-order valence-electron chi connectivity index (χ0n) is 10.7. The van der Waals surface area contributed by atoms with Gasteiger partial charge in [0.05, 0.1) is 0 Å². The van der Waals surface area contributed by atoms with Crippen LogP contribution < -0.4 is 5.32 Å². The highest BCUT2D eigenvalue weighted by atomic mass is 16.3. The molecule has 0 saturated carbocycles. The maximum atomic E-state index is 12.0. The average molecular weight is 282 g/mol. The van der Waals surface area contributed by atoms with Gasteiger partial charge in [-0.1, -0.05) is 0 Å². The van der Waals surface area contributed by atoms with Gasteiger partial charge in [0.15, 0.2) is 0 Å². The van der Waals surface area contributed by atoms with Crippen molar-refractivity contribution in [3.8, 4) is 11.4 Å². The third-order valence-corrected chi connectivity index (χ3v) is 2.77. The minimum atomic E-state index is -0.272. The van der Waals surface area contributed by atoms with Crippen LogP contribution in [0.1, 0.15) is 10.4 Å². The zero-order valence-corrected chi connectivity index (χ0v) is 10.7. The van der Waals surface area contributed by atoms with Crippen LogP contribution >= 0.6 is 0 Å². The number of benzene rings is 1. The number of amides is 1. The Balaban J connectivity index is 1.87. The van der Waals surface area contributed by atoms with Crippen LogP contribution in [0.25, 0.3) is 5.69 Å². The summed E-state index contributed by atoms with van der Waals surface area (Å²) in [6.07, 6.45) is 4.43. The molecule has 0 radical (unpaired) electrons. The second-order valence-corrected chi connectivity index (χ2v) is 4.15. The first-order valence-corrected chi connectivity index (χ1v) is 6.02. The van der Waals surface area contributed by atoms with Gasteiger partial charge in [-0.05, 0) is 40.8 Å². The fourth-order valence-electron chi connectivity index (χ4n) is 1.76. The number of nitrogens with one attached hydrogen (secondary N) is 1. The largest absolute Gasteiger partial charge is 0.506 e. The van der Waals surface area contributed by atoms with E-state index in [0.717, 1.165) is 0 Å². The van der Waals surface area contributed by atoms with Gasteiger partial charge in [0.2, 0.25) is 0 Å². The van der Waals surface area contributed by atoms with Crippen LogP contribution in [-0.4, -0.2) is 36.2 Å². The predicted octanol–water partition coefficient (Wildman–Crippen LogP) is 1.02. The maximum absolute atomic E-state index is 12.0. The molecule has 2 N–H and O–H groups in total. The Morgan fingerprint density at radius 2 is 2.00 bits per heavy atom. The lowest BCUT2D eigenvalue weighted by molar-refractivity contribution is 0.102. The molecular formula is C13H10N6O2. The van der Waals surface area contributed by atoms with E-state index >= 15 is 0 Å². The van der Waals surface area contributed by atoms with Crippen LogP contribution in [0.2, 0.25) is 0 Å². The van der Waals surface area contributed by atoms with Crippen molar-refractivity contribution in [2.24, 2.45) is 0 Å². The summed E-state index contributed by atoms with van der Waals surface area (Å²) in [5.41, 5.74) is 1.37. The van der Waals surface area contributed by atoms with Gasteiger partial charge in [-0.15, -0.1) is 5.10 Å². The molecule has 1 aromatic carbocycles. The molecule has 0 aliphatic heterocycles. The van der Waals surface area contributed by atoms with E-state index in [4.69, 9.17) is 0 Å².